The molecule has 0 bridgehead atoms. The summed E-state index contributed by atoms with van der Waals surface area (Å²) in [4.78, 5) is 11.9. The Balaban J connectivity index is 3.52. The zero-order chi connectivity index (χ0) is 22.1. The van der Waals surface area contributed by atoms with Crippen LogP contribution in [0.5, 0.6) is 0 Å². The minimum absolute atomic E-state index is 0.0146. The first-order valence-electron chi connectivity index (χ1n) is 8.29. The van der Waals surface area contributed by atoms with Gasteiger partial charge in [0, 0.05) is 5.92 Å². The van der Waals surface area contributed by atoms with Crippen molar-refractivity contribution in [2.24, 2.45) is 11.8 Å². The highest BCUT2D eigenvalue weighted by Crippen LogP contribution is 2.44. The van der Waals surface area contributed by atoms with Gasteiger partial charge < -0.3 is 4.74 Å². The van der Waals surface area contributed by atoms with Crippen molar-refractivity contribution in [3.8, 4) is 0 Å². The van der Waals surface area contributed by atoms with E-state index in [2.05, 4.69) is 0 Å². The summed E-state index contributed by atoms with van der Waals surface area (Å²) in [6.07, 6.45) is -2.08. The maximum absolute atomic E-state index is 13.0. The number of hydrogen-bond acceptors (Lipinski definition) is 6. The normalized spacial score (nSPS) is 23.5. The van der Waals surface area contributed by atoms with Crippen LogP contribution in [0.1, 0.15) is 46.0 Å². The molecule has 0 spiro atoms. The zero-order valence-electron chi connectivity index (χ0n) is 14.9. The molecule has 166 valence electrons. The summed E-state index contributed by atoms with van der Waals surface area (Å²) < 4.78 is 126. The molecule has 0 aromatic heterocycles. The molecule has 28 heavy (non-hydrogen) atoms. The maximum Gasteiger partial charge on any atom is 0.498 e. The molecule has 3 atom stereocenters. The molecule has 0 aromatic rings. The third-order valence-corrected chi connectivity index (χ3v) is 9.38. The van der Waals surface area contributed by atoms with Crippen LogP contribution >= 0.6 is 0 Å². The van der Waals surface area contributed by atoms with Crippen molar-refractivity contribution in [3.63, 3.8) is 0 Å². The van der Waals surface area contributed by atoms with E-state index in [4.69, 9.17) is 4.74 Å². The summed E-state index contributed by atoms with van der Waals surface area (Å²) in [5, 5.41) is 0. The van der Waals surface area contributed by atoms with Gasteiger partial charge in [-0.25, -0.2) is 16.8 Å². The Bertz CT molecular complexity index is 727. The maximum atomic E-state index is 13.0. The predicted molar refractivity (Wildman–Crippen MR) is 85.0 cm³/mol. The smallest absolute Gasteiger partial charge is 0.462 e. The largest absolute Gasteiger partial charge is 0.498 e. The standard InChI is InChI=1S/C14H20F6O6S2/c1-3-8(2)11(21)26-10-7-5-4-6-9(10)12(27(22,23)13(15,16)17)28(24,25)14(18,19)20/h8-10,12H,3-7H2,1-2H3. The van der Waals surface area contributed by atoms with E-state index in [0.717, 1.165) is 0 Å². The molecule has 14 heteroatoms. The second-order valence-electron chi connectivity index (χ2n) is 6.58. The van der Waals surface area contributed by atoms with E-state index in [1.807, 2.05) is 0 Å². The van der Waals surface area contributed by atoms with Crippen molar-refractivity contribution in [3.05, 3.63) is 0 Å². The van der Waals surface area contributed by atoms with Crippen LogP contribution < -0.4 is 0 Å². The van der Waals surface area contributed by atoms with E-state index in [-0.39, 0.29) is 25.7 Å². The average Bonchev–Trinajstić information content (AvgIpc) is 2.53. The van der Waals surface area contributed by atoms with Crippen LogP contribution in [0.15, 0.2) is 0 Å². The van der Waals surface area contributed by atoms with Gasteiger partial charge in [0.15, 0.2) is 4.58 Å². The number of halogens is 6. The number of esters is 1. The Labute approximate surface area is 158 Å². The summed E-state index contributed by atoms with van der Waals surface area (Å²) in [5.41, 5.74) is -12.5. The quantitative estimate of drug-likeness (QED) is 0.444. The molecule has 0 saturated heterocycles. The van der Waals surface area contributed by atoms with Crippen molar-refractivity contribution in [2.45, 2.75) is 67.7 Å². The highest BCUT2D eigenvalue weighted by Gasteiger charge is 2.66. The summed E-state index contributed by atoms with van der Waals surface area (Å²) in [5.74, 6) is -3.90. The van der Waals surface area contributed by atoms with Crippen LogP contribution in [0, 0.1) is 11.8 Å². The molecule has 1 saturated carbocycles. The van der Waals surface area contributed by atoms with E-state index in [1.165, 1.54) is 6.92 Å². The van der Waals surface area contributed by atoms with Crippen LogP contribution in [-0.2, 0) is 29.2 Å². The molecule has 0 N–H and O–H groups in total. The fourth-order valence-corrected chi connectivity index (χ4v) is 6.96. The van der Waals surface area contributed by atoms with Gasteiger partial charge in [0.2, 0.25) is 0 Å². The Hall–Kier alpha value is -1.05. The molecule has 0 radical (unpaired) electrons. The van der Waals surface area contributed by atoms with E-state index < -0.39 is 65.6 Å². The first-order valence-corrected chi connectivity index (χ1v) is 11.4. The molecule has 3 unspecified atom stereocenters. The van der Waals surface area contributed by atoms with Gasteiger partial charge in [0.1, 0.15) is 6.10 Å². The Morgan fingerprint density at radius 1 is 0.964 bits per heavy atom. The number of sulfone groups is 2. The number of carbonyl (C=O) groups excluding carboxylic acids is 1. The van der Waals surface area contributed by atoms with E-state index >= 15 is 0 Å². The third kappa shape index (κ3) is 4.92. The van der Waals surface area contributed by atoms with Gasteiger partial charge in [0.25, 0.3) is 19.7 Å². The lowest BCUT2D eigenvalue weighted by molar-refractivity contribution is -0.158. The number of hydrogen-bond donors (Lipinski definition) is 0. The molecule has 0 aromatic carbocycles. The average molecular weight is 462 g/mol. The van der Waals surface area contributed by atoms with Gasteiger partial charge in [-0.1, -0.05) is 20.3 Å². The van der Waals surface area contributed by atoms with Crippen LogP contribution in [0.4, 0.5) is 26.3 Å². The number of rotatable bonds is 6. The third-order valence-electron chi connectivity index (χ3n) is 4.64. The topological polar surface area (TPSA) is 94.6 Å². The van der Waals surface area contributed by atoms with Crippen molar-refractivity contribution in [2.75, 3.05) is 0 Å². The minimum atomic E-state index is -6.77. The van der Waals surface area contributed by atoms with E-state index in [0.29, 0.717) is 0 Å². The molecular formula is C14H20F6O6S2. The number of alkyl halides is 6. The molecule has 0 heterocycles. The van der Waals surface area contributed by atoms with Gasteiger partial charge >= 0.3 is 17.0 Å². The van der Waals surface area contributed by atoms with Crippen molar-refractivity contribution in [1.29, 1.82) is 0 Å². The summed E-state index contributed by atoms with van der Waals surface area (Å²) in [6.45, 7) is 2.98. The molecule has 1 aliphatic carbocycles. The SMILES string of the molecule is CCC(C)C(=O)OC1CCCCC1C(S(=O)(=O)C(F)(F)F)S(=O)(=O)C(F)(F)F. The molecular weight excluding hydrogens is 442 g/mol. The number of ether oxygens (including phenoxy) is 1. The molecule has 1 rings (SSSR count). The van der Waals surface area contributed by atoms with Gasteiger partial charge in [-0.2, -0.15) is 26.3 Å². The molecule has 1 aliphatic rings. The first-order chi connectivity index (χ1) is 12.5. The summed E-state index contributed by atoms with van der Waals surface area (Å²) in [7, 11) is -13.5. The zero-order valence-corrected chi connectivity index (χ0v) is 16.5. The molecule has 0 aliphatic heterocycles. The highest BCUT2D eigenvalue weighted by molar-refractivity contribution is 8.09. The minimum Gasteiger partial charge on any atom is -0.462 e. The monoisotopic (exact) mass is 462 g/mol. The van der Waals surface area contributed by atoms with Crippen molar-refractivity contribution < 1.29 is 52.7 Å². The lowest BCUT2D eigenvalue weighted by atomic mass is 9.87. The van der Waals surface area contributed by atoms with Crippen molar-refractivity contribution >= 4 is 25.6 Å². The van der Waals surface area contributed by atoms with Gasteiger partial charge in [-0.15, -0.1) is 0 Å². The lowest BCUT2D eigenvalue weighted by Gasteiger charge is -2.36. The van der Waals surface area contributed by atoms with Crippen molar-refractivity contribution in [1.82, 2.24) is 0 Å². The van der Waals surface area contributed by atoms with Gasteiger partial charge in [-0.3, -0.25) is 4.79 Å². The second kappa shape index (κ2) is 8.36. The summed E-state index contributed by atoms with van der Waals surface area (Å²) in [6, 6.07) is 0. The second-order valence-corrected chi connectivity index (χ2v) is 11.0. The van der Waals surface area contributed by atoms with Crippen LogP contribution in [0.3, 0.4) is 0 Å². The molecule has 0 amide bonds. The van der Waals surface area contributed by atoms with E-state index in [1.54, 1.807) is 6.92 Å². The van der Waals surface area contributed by atoms with E-state index in [9.17, 15) is 48.0 Å². The van der Waals surface area contributed by atoms with Gasteiger partial charge in [0.05, 0.1) is 5.92 Å². The van der Waals surface area contributed by atoms with Crippen LogP contribution in [0.25, 0.3) is 0 Å². The summed E-state index contributed by atoms with van der Waals surface area (Å²) >= 11 is 0. The van der Waals surface area contributed by atoms with Crippen LogP contribution in [0.2, 0.25) is 0 Å². The number of carbonyl (C=O) groups is 1. The Kier molecular flexibility index (Phi) is 7.46. The fraction of sp³-hybridized carbons (Fsp3) is 0.929. The first kappa shape index (κ1) is 25.0. The van der Waals surface area contributed by atoms with Crippen LogP contribution in [-0.4, -0.2) is 44.5 Å². The Morgan fingerprint density at radius 2 is 1.39 bits per heavy atom. The molecule has 1 fully saturated rings. The molecule has 6 nitrogen and oxygen atoms in total. The van der Waals surface area contributed by atoms with Gasteiger partial charge in [-0.05, 0) is 25.7 Å². The fourth-order valence-electron chi connectivity index (χ4n) is 2.91. The highest BCUT2D eigenvalue weighted by atomic mass is 32.3. The lowest BCUT2D eigenvalue weighted by Crippen LogP contribution is -2.53. The predicted octanol–water partition coefficient (Wildman–Crippen LogP) is 3.33. The Morgan fingerprint density at radius 3 is 1.79 bits per heavy atom.